The van der Waals surface area contributed by atoms with Crippen LogP contribution in [0, 0.1) is 11.6 Å². The number of alkyl halides is 1. The lowest BCUT2D eigenvalue weighted by atomic mass is 10.2. The lowest BCUT2D eigenvalue weighted by Crippen LogP contribution is -2.22. The Balaban J connectivity index is 2.57. The highest BCUT2D eigenvalue weighted by Crippen LogP contribution is 2.24. The van der Waals surface area contributed by atoms with Gasteiger partial charge in [-0.25, -0.2) is 8.78 Å². The minimum absolute atomic E-state index is 0.0568. The molecule has 1 aromatic rings. The van der Waals surface area contributed by atoms with Gasteiger partial charge in [0.15, 0.2) is 17.4 Å². The Bertz CT molecular complexity index is 379. The molecule has 1 aromatic carbocycles. The van der Waals surface area contributed by atoms with Crippen LogP contribution in [0.25, 0.3) is 0 Å². The second kappa shape index (κ2) is 6.34. The van der Waals surface area contributed by atoms with Gasteiger partial charge in [-0.2, -0.15) is 0 Å². The van der Waals surface area contributed by atoms with Crippen LogP contribution in [0.5, 0.6) is 5.75 Å². The predicted octanol–water partition coefficient (Wildman–Crippen LogP) is 3.90. The van der Waals surface area contributed by atoms with E-state index in [2.05, 4.69) is 0 Å². The van der Waals surface area contributed by atoms with Crippen LogP contribution in [-0.2, 0) is 10.6 Å². The lowest BCUT2D eigenvalue weighted by Gasteiger charge is -2.19. The maximum atomic E-state index is 13.5. The molecule has 0 unspecified atom stereocenters. The summed E-state index contributed by atoms with van der Waals surface area (Å²) < 4.78 is 37.4. The van der Waals surface area contributed by atoms with Gasteiger partial charge in [-0.3, -0.25) is 0 Å². The third-order valence-corrected chi connectivity index (χ3v) is 2.39. The van der Waals surface area contributed by atoms with E-state index in [0.29, 0.717) is 5.56 Å². The molecule has 0 saturated carbocycles. The number of ether oxygens (including phenoxy) is 2. The van der Waals surface area contributed by atoms with Crippen molar-refractivity contribution in [2.75, 3.05) is 13.2 Å². The summed E-state index contributed by atoms with van der Waals surface area (Å²) >= 11 is 5.51. The Labute approximate surface area is 111 Å². The molecule has 0 fully saturated rings. The first kappa shape index (κ1) is 15.2. The van der Waals surface area contributed by atoms with Crippen LogP contribution in [-0.4, -0.2) is 18.8 Å². The molecule has 0 aromatic heterocycles. The summed E-state index contributed by atoms with van der Waals surface area (Å²) in [5, 5.41) is 0. The minimum atomic E-state index is -0.749. The molecule has 0 aliphatic rings. The molecular formula is C13H17ClF2O2. The van der Waals surface area contributed by atoms with Crippen molar-refractivity contribution < 1.29 is 18.3 Å². The molecule has 0 saturated heterocycles. The van der Waals surface area contributed by atoms with Crippen molar-refractivity contribution in [3.8, 4) is 5.75 Å². The van der Waals surface area contributed by atoms with Gasteiger partial charge in [-0.1, -0.05) is 0 Å². The summed E-state index contributed by atoms with van der Waals surface area (Å²) in [7, 11) is 0. The van der Waals surface area contributed by atoms with Crippen LogP contribution in [0.4, 0.5) is 8.78 Å². The molecule has 0 amide bonds. The number of halogens is 3. The first-order chi connectivity index (χ1) is 8.33. The van der Waals surface area contributed by atoms with Crippen LogP contribution in [0.1, 0.15) is 26.3 Å². The first-order valence-electron chi connectivity index (χ1n) is 5.64. The topological polar surface area (TPSA) is 18.5 Å². The van der Waals surface area contributed by atoms with Gasteiger partial charge in [0.05, 0.1) is 12.2 Å². The van der Waals surface area contributed by atoms with E-state index in [1.54, 1.807) is 0 Å². The molecule has 2 nitrogen and oxygen atoms in total. The zero-order valence-electron chi connectivity index (χ0n) is 10.7. The van der Waals surface area contributed by atoms with E-state index in [4.69, 9.17) is 21.1 Å². The van der Waals surface area contributed by atoms with Gasteiger partial charge < -0.3 is 9.47 Å². The lowest BCUT2D eigenvalue weighted by molar-refractivity contribution is -0.0170. The average molecular weight is 279 g/mol. The molecule has 18 heavy (non-hydrogen) atoms. The predicted molar refractivity (Wildman–Crippen MR) is 67.1 cm³/mol. The molecule has 0 spiro atoms. The Hall–Kier alpha value is -0.870. The van der Waals surface area contributed by atoms with Crippen molar-refractivity contribution in [3.63, 3.8) is 0 Å². The number of rotatable bonds is 5. The smallest absolute Gasteiger partial charge is 0.190 e. The molecular weight excluding hydrogens is 262 g/mol. The van der Waals surface area contributed by atoms with E-state index in [0.717, 1.165) is 12.1 Å². The normalized spacial score (nSPS) is 11.7. The van der Waals surface area contributed by atoms with E-state index in [1.165, 1.54) is 0 Å². The Morgan fingerprint density at radius 2 is 1.67 bits per heavy atom. The summed E-state index contributed by atoms with van der Waals surface area (Å²) in [6, 6.07) is 2.33. The van der Waals surface area contributed by atoms with E-state index in [9.17, 15) is 8.78 Å². The highest BCUT2D eigenvalue weighted by molar-refractivity contribution is 6.17. The van der Waals surface area contributed by atoms with Crippen molar-refractivity contribution in [1.82, 2.24) is 0 Å². The highest BCUT2D eigenvalue weighted by Gasteiger charge is 2.14. The Kier molecular flexibility index (Phi) is 5.35. The summed E-state index contributed by atoms with van der Waals surface area (Å²) in [6.07, 6.45) is 0. The van der Waals surface area contributed by atoms with Crippen molar-refractivity contribution in [3.05, 3.63) is 29.3 Å². The fraction of sp³-hybridized carbons (Fsp3) is 0.538. The van der Waals surface area contributed by atoms with E-state index in [-0.39, 0.29) is 30.4 Å². The summed E-state index contributed by atoms with van der Waals surface area (Å²) in [5.41, 5.74) is 0.0769. The maximum Gasteiger partial charge on any atom is 0.190 e. The molecule has 5 heteroatoms. The zero-order chi connectivity index (χ0) is 13.8. The molecule has 0 N–H and O–H groups in total. The van der Waals surface area contributed by atoms with Crippen molar-refractivity contribution in [1.29, 1.82) is 0 Å². The third-order valence-electron chi connectivity index (χ3n) is 2.08. The molecule has 1 rings (SSSR count). The minimum Gasteiger partial charge on any atom is -0.485 e. The molecule has 0 bridgehead atoms. The van der Waals surface area contributed by atoms with Crippen molar-refractivity contribution >= 4 is 11.6 Å². The van der Waals surface area contributed by atoms with Crippen LogP contribution >= 0.6 is 11.6 Å². The molecule has 102 valence electrons. The van der Waals surface area contributed by atoms with Crippen molar-refractivity contribution in [2.24, 2.45) is 0 Å². The fourth-order valence-electron chi connectivity index (χ4n) is 1.32. The molecule has 0 aliphatic heterocycles. The number of benzene rings is 1. The summed E-state index contributed by atoms with van der Waals surface area (Å²) in [4.78, 5) is 0. The Morgan fingerprint density at radius 1 is 1.11 bits per heavy atom. The summed E-state index contributed by atoms with van der Waals surface area (Å²) in [6.45, 7) is 6.03. The van der Waals surface area contributed by atoms with E-state index in [1.807, 2.05) is 20.8 Å². The zero-order valence-corrected chi connectivity index (χ0v) is 11.5. The second-order valence-electron chi connectivity index (χ2n) is 4.83. The van der Waals surface area contributed by atoms with Gasteiger partial charge in [0, 0.05) is 5.88 Å². The van der Waals surface area contributed by atoms with E-state index < -0.39 is 11.6 Å². The number of hydrogen-bond acceptors (Lipinski definition) is 2. The van der Waals surface area contributed by atoms with Gasteiger partial charge in [0.25, 0.3) is 0 Å². The van der Waals surface area contributed by atoms with Gasteiger partial charge in [-0.15, -0.1) is 11.6 Å². The van der Waals surface area contributed by atoms with Gasteiger partial charge in [-0.05, 0) is 38.5 Å². The molecule has 0 aliphatic carbocycles. The van der Waals surface area contributed by atoms with Crippen LogP contribution < -0.4 is 4.74 Å². The first-order valence-corrected chi connectivity index (χ1v) is 6.17. The molecule has 0 heterocycles. The van der Waals surface area contributed by atoms with E-state index >= 15 is 0 Å². The standard InChI is InChI=1S/C13H17ClF2O2/c1-13(2,3)18-5-4-17-12-10(15)6-9(8-14)7-11(12)16/h6-7H,4-5,8H2,1-3H3. The van der Waals surface area contributed by atoms with Crippen LogP contribution in [0.3, 0.4) is 0 Å². The third kappa shape index (κ3) is 4.78. The quantitative estimate of drug-likeness (QED) is 0.601. The fourth-order valence-corrected chi connectivity index (χ4v) is 1.47. The Morgan fingerprint density at radius 3 is 2.11 bits per heavy atom. The molecule has 0 atom stereocenters. The SMILES string of the molecule is CC(C)(C)OCCOc1c(F)cc(CCl)cc1F. The van der Waals surface area contributed by atoms with Gasteiger partial charge in [0.2, 0.25) is 0 Å². The monoisotopic (exact) mass is 278 g/mol. The van der Waals surface area contributed by atoms with Crippen LogP contribution in [0.2, 0.25) is 0 Å². The highest BCUT2D eigenvalue weighted by atomic mass is 35.5. The maximum absolute atomic E-state index is 13.5. The largest absolute Gasteiger partial charge is 0.485 e. The number of hydrogen-bond donors (Lipinski definition) is 0. The summed E-state index contributed by atoms with van der Waals surface area (Å²) in [5.74, 6) is -1.83. The molecule has 0 radical (unpaired) electrons. The van der Waals surface area contributed by atoms with Crippen molar-refractivity contribution in [2.45, 2.75) is 32.3 Å². The van der Waals surface area contributed by atoms with Gasteiger partial charge in [0.1, 0.15) is 6.61 Å². The van der Waals surface area contributed by atoms with Gasteiger partial charge >= 0.3 is 0 Å². The average Bonchev–Trinajstić information content (AvgIpc) is 2.25. The van der Waals surface area contributed by atoms with Crippen LogP contribution in [0.15, 0.2) is 12.1 Å². The second-order valence-corrected chi connectivity index (χ2v) is 5.10.